The van der Waals surface area contributed by atoms with Gasteiger partial charge in [-0.2, -0.15) is 0 Å². The van der Waals surface area contributed by atoms with Crippen LogP contribution in [0.1, 0.15) is 31.9 Å². The number of nitrogens with zero attached hydrogens (tertiary/aromatic N) is 1. The number of hydrogen-bond donors (Lipinski definition) is 2. The molecule has 2 atom stereocenters. The molecule has 2 N–H and O–H groups in total. The van der Waals surface area contributed by atoms with Gasteiger partial charge in [0.1, 0.15) is 5.75 Å². The summed E-state index contributed by atoms with van der Waals surface area (Å²) in [5, 5.41) is 12.1. The Morgan fingerprint density at radius 3 is 2.77 bits per heavy atom. The van der Waals surface area contributed by atoms with Crippen LogP contribution in [-0.2, 0) is 19.1 Å². The van der Waals surface area contributed by atoms with Gasteiger partial charge in [0, 0.05) is 19.0 Å². The fourth-order valence-corrected chi connectivity index (χ4v) is 2.94. The molecule has 0 bridgehead atoms. The van der Waals surface area contributed by atoms with Gasteiger partial charge in [-0.15, -0.1) is 0 Å². The molecule has 8 nitrogen and oxygen atoms in total. The van der Waals surface area contributed by atoms with E-state index >= 15 is 0 Å². The van der Waals surface area contributed by atoms with E-state index in [1.165, 1.54) is 11.8 Å². The average Bonchev–Trinajstić information content (AvgIpc) is 2.61. The summed E-state index contributed by atoms with van der Waals surface area (Å²) in [6.07, 6.45) is -0.0621. The Labute approximate surface area is 152 Å². The lowest BCUT2D eigenvalue weighted by Gasteiger charge is -2.34. The Morgan fingerprint density at radius 1 is 1.38 bits per heavy atom. The molecule has 1 aliphatic heterocycles. The van der Waals surface area contributed by atoms with Gasteiger partial charge in [-0.1, -0.05) is 18.2 Å². The number of carboxylic acid groups (broad SMARTS) is 1. The Kier molecular flexibility index (Phi) is 6.97. The summed E-state index contributed by atoms with van der Waals surface area (Å²) in [7, 11) is 0. The van der Waals surface area contributed by atoms with Gasteiger partial charge in [-0.25, -0.2) is 4.79 Å². The van der Waals surface area contributed by atoms with Crippen LogP contribution in [0.25, 0.3) is 0 Å². The third-order valence-electron chi connectivity index (χ3n) is 4.08. The van der Waals surface area contributed by atoms with Gasteiger partial charge in [0.05, 0.1) is 32.3 Å². The standard InChI is InChI=1S/C18H24N2O6/c1-3-26-16-7-5-4-6-13(16)14(19-12(2)21)10-17(22)20-8-9-25-11-15(20)18(23)24/h4-7,14-15H,3,8-11H2,1-2H3,(H,19,21)(H,23,24)/t14-,15+/m0/s1. The number of carbonyl (C=O) groups is 3. The number of hydrogen-bond acceptors (Lipinski definition) is 5. The van der Waals surface area contributed by atoms with Crippen LogP contribution in [0, 0.1) is 0 Å². The second kappa shape index (κ2) is 9.19. The van der Waals surface area contributed by atoms with Crippen molar-refractivity contribution in [2.75, 3.05) is 26.4 Å². The van der Waals surface area contributed by atoms with Crippen molar-refractivity contribution in [3.63, 3.8) is 0 Å². The minimum atomic E-state index is -1.11. The summed E-state index contributed by atoms with van der Waals surface area (Å²) in [4.78, 5) is 37.1. The van der Waals surface area contributed by atoms with Gasteiger partial charge in [0.15, 0.2) is 6.04 Å². The second-order valence-corrected chi connectivity index (χ2v) is 5.94. The highest BCUT2D eigenvalue weighted by molar-refractivity contribution is 5.85. The first-order valence-corrected chi connectivity index (χ1v) is 8.52. The van der Waals surface area contributed by atoms with Crippen molar-refractivity contribution < 1.29 is 29.0 Å². The first-order valence-electron chi connectivity index (χ1n) is 8.52. The van der Waals surface area contributed by atoms with Crippen LogP contribution in [0.5, 0.6) is 5.75 Å². The fraction of sp³-hybridized carbons (Fsp3) is 0.500. The van der Waals surface area contributed by atoms with Crippen molar-refractivity contribution in [2.24, 2.45) is 0 Å². The molecule has 26 heavy (non-hydrogen) atoms. The maximum absolute atomic E-state index is 12.8. The molecule has 2 amide bonds. The van der Waals surface area contributed by atoms with E-state index in [4.69, 9.17) is 9.47 Å². The number of amides is 2. The molecule has 1 fully saturated rings. The first-order chi connectivity index (χ1) is 12.4. The first kappa shape index (κ1) is 19.7. The summed E-state index contributed by atoms with van der Waals surface area (Å²) in [6.45, 7) is 4.12. The zero-order chi connectivity index (χ0) is 19.1. The maximum Gasteiger partial charge on any atom is 0.328 e. The van der Waals surface area contributed by atoms with E-state index in [1.807, 2.05) is 13.0 Å². The molecule has 0 aromatic heterocycles. The molecule has 1 aliphatic rings. The van der Waals surface area contributed by atoms with E-state index in [0.29, 0.717) is 17.9 Å². The van der Waals surface area contributed by atoms with E-state index in [9.17, 15) is 19.5 Å². The van der Waals surface area contributed by atoms with Gasteiger partial charge < -0.3 is 24.8 Å². The van der Waals surface area contributed by atoms with Gasteiger partial charge in [-0.05, 0) is 13.0 Å². The number of aliphatic carboxylic acids is 1. The molecule has 1 aromatic rings. The van der Waals surface area contributed by atoms with E-state index in [1.54, 1.807) is 18.2 Å². The lowest BCUT2D eigenvalue weighted by atomic mass is 10.0. The zero-order valence-corrected chi connectivity index (χ0v) is 14.9. The summed E-state index contributed by atoms with van der Waals surface area (Å²) < 4.78 is 10.8. The number of benzene rings is 1. The van der Waals surface area contributed by atoms with Crippen molar-refractivity contribution in [3.05, 3.63) is 29.8 Å². The molecule has 8 heteroatoms. The van der Waals surface area contributed by atoms with E-state index < -0.39 is 18.1 Å². The van der Waals surface area contributed by atoms with Crippen LogP contribution in [0.15, 0.2) is 24.3 Å². The van der Waals surface area contributed by atoms with Crippen LogP contribution in [0.3, 0.4) is 0 Å². The topological polar surface area (TPSA) is 105 Å². The SMILES string of the molecule is CCOc1ccccc1[C@H](CC(=O)N1CCOC[C@@H]1C(=O)O)NC(C)=O. The van der Waals surface area contributed by atoms with Crippen molar-refractivity contribution in [3.8, 4) is 5.75 Å². The van der Waals surface area contributed by atoms with Crippen molar-refractivity contribution in [2.45, 2.75) is 32.4 Å². The van der Waals surface area contributed by atoms with Gasteiger partial charge in [0.25, 0.3) is 0 Å². The number of rotatable bonds is 7. The highest BCUT2D eigenvalue weighted by Crippen LogP contribution is 2.28. The largest absolute Gasteiger partial charge is 0.494 e. The molecule has 142 valence electrons. The third-order valence-corrected chi connectivity index (χ3v) is 4.08. The Morgan fingerprint density at radius 2 is 2.12 bits per heavy atom. The van der Waals surface area contributed by atoms with Crippen LogP contribution in [0.4, 0.5) is 0 Å². The highest BCUT2D eigenvalue weighted by atomic mass is 16.5. The van der Waals surface area contributed by atoms with Crippen LogP contribution in [-0.4, -0.2) is 60.2 Å². The molecule has 1 saturated heterocycles. The number of carbonyl (C=O) groups excluding carboxylic acids is 2. The Hall–Kier alpha value is -2.61. The molecule has 1 aromatic carbocycles. The molecule has 0 aliphatic carbocycles. The molecule has 0 spiro atoms. The number of para-hydroxylation sites is 1. The molecular formula is C18H24N2O6. The van der Waals surface area contributed by atoms with E-state index in [2.05, 4.69) is 5.32 Å². The third kappa shape index (κ3) is 4.95. The summed E-state index contributed by atoms with van der Waals surface area (Å²) in [5.74, 6) is -1.17. The van der Waals surface area contributed by atoms with E-state index in [0.717, 1.165) is 0 Å². The highest BCUT2D eigenvalue weighted by Gasteiger charge is 2.34. The fourth-order valence-electron chi connectivity index (χ4n) is 2.94. The predicted octanol–water partition coefficient (Wildman–Crippen LogP) is 0.965. The van der Waals surface area contributed by atoms with Crippen LogP contribution < -0.4 is 10.1 Å². The predicted molar refractivity (Wildman–Crippen MR) is 92.7 cm³/mol. The Balaban J connectivity index is 2.23. The quantitative estimate of drug-likeness (QED) is 0.747. The number of nitrogens with one attached hydrogen (secondary N) is 1. The molecule has 1 heterocycles. The molecular weight excluding hydrogens is 340 g/mol. The molecule has 0 unspecified atom stereocenters. The maximum atomic E-state index is 12.8. The van der Waals surface area contributed by atoms with Crippen LogP contribution >= 0.6 is 0 Å². The monoisotopic (exact) mass is 364 g/mol. The lowest BCUT2D eigenvalue weighted by molar-refractivity contribution is -0.158. The van der Waals surface area contributed by atoms with Crippen molar-refractivity contribution >= 4 is 17.8 Å². The molecule has 2 rings (SSSR count). The minimum absolute atomic E-state index is 0.0403. The normalized spacial score (nSPS) is 18.1. The zero-order valence-electron chi connectivity index (χ0n) is 14.9. The minimum Gasteiger partial charge on any atom is -0.494 e. The van der Waals surface area contributed by atoms with E-state index in [-0.39, 0.29) is 38.0 Å². The molecule has 0 saturated carbocycles. The Bertz CT molecular complexity index is 663. The average molecular weight is 364 g/mol. The number of carboxylic acids is 1. The smallest absolute Gasteiger partial charge is 0.328 e. The van der Waals surface area contributed by atoms with Gasteiger partial charge >= 0.3 is 5.97 Å². The lowest BCUT2D eigenvalue weighted by Crippen LogP contribution is -2.53. The van der Waals surface area contributed by atoms with Gasteiger partial charge in [-0.3, -0.25) is 9.59 Å². The summed E-state index contributed by atoms with van der Waals surface area (Å²) in [6, 6.07) is 5.53. The van der Waals surface area contributed by atoms with Gasteiger partial charge in [0.2, 0.25) is 11.8 Å². The number of morpholine rings is 1. The molecule has 0 radical (unpaired) electrons. The van der Waals surface area contributed by atoms with Crippen molar-refractivity contribution in [1.82, 2.24) is 10.2 Å². The van der Waals surface area contributed by atoms with Crippen molar-refractivity contribution in [1.29, 1.82) is 0 Å². The summed E-state index contributed by atoms with van der Waals surface area (Å²) >= 11 is 0. The second-order valence-electron chi connectivity index (χ2n) is 5.94. The number of ether oxygens (including phenoxy) is 2. The summed E-state index contributed by atoms with van der Waals surface area (Å²) in [5.41, 5.74) is 0.679. The van der Waals surface area contributed by atoms with Crippen LogP contribution in [0.2, 0.25) is 0 Å².